The fourth-order valence-corrected chi connectivity index (χ4v) is 3.72. The lowest BCUT2D eigenvalue weighted by Gasteiger charge is -2.14. The second kappa shape index (κ2) is 9.61. The molecule has 0 fully saturated rings. The van der Waals surface area contributed by atoms with Crippen LogP contribution < -0.4 is 4.74 Å². The molecular weight excluding hydrogens is 382 g/mol. The summed E-state index contributed by atoms with van der Waals surface area (Å²) in [6, 6.07) is 15.7. The molecule has 3 aromatic rings. The van der Waals surface area contributed by atoms with Gasteiger partial charge in [-0.25, -0.2) is 0 Å². The molecule has 0 amide bonds. The SMILES string of the molecule is Cc1c(OCc2cccc(Sc3ccncc3)c2)ccc(CC(=O)C(C)C)c1O. The zero-order valence-electron chi connectivity index (χ0n) is 16.9. The second-order valence-corrected chi connectivity index (χ2v) is 8.36. The van der Waals surface area contributed by atoms with E-state index in [1.54, 1.807) is 30.2 Å². The Morgan fingerprint density at radius 2 is 1.86 bits per heavy atom. The maximum Gasteiger partial charge on any atom is 0.139 e. The number of nitrogens with zero attached hydrogens (tertiary/aromatic N) is 1. The van der Waals surface area contributed by atoms with Gasteiger partial charge in [0.15, 0.2) is 0 Å². The summed E-state index contributed by atoms with van der Waals surface area (Å²) in [7, 11) is 0. The third-order valence-corrected chi connectivity index (χ3v) is 5.65. The van der Waals surface area contributed by atoms with Crippen molar-refractivity contribution < 1.29 is 14.6 Å². The van der Waals surface area contributed by atoms with E-state index in [1.807, 2.05) is 51.1 Å². The zero-order valence-corrected chi connectivity index (χ0v) is 17.7. The highest BCUT2D eigenvalue weighted by Gasteiger charge is 2.15. The molecule has 1 heterocycles. The molecule has 150 valence electrons. The number of Topliss-reactive ketones (excluding diaryl/α,β-unsaturated/α-hetero) is 1. The molecule has 0 aliphatic heterocycles. The van der Waals surface area contributed by atoms with Gasteiger partial charge in [-0.15, -0.1) is 0 Å². The quantitative estimate of drug-likeness (QED) is 0.527. The van der Waals surface area contributed by atoms with Crippen LogP contribution in [0.3, 0.4) is 0 Å². The third-order valence-electron chi connectivity index (χ3n) is 4.65. The molecule has 2 aromatic carbocycles. The van der Waals surface area contributed by atoms with E-state index >= 15 is 0 Å². The number of benzene rings is 2. The molecule has 0 aliphatic rings. The Morgan fingerprint density at radius 1 is 1.10 bits per heavy atom. The maximum atomic E-state index is 12.0. The van der Waals surface area contributed by atoms with E-state index in [1.165, 1.54) is 0 Å². The Labute approximate surface area is 176 Å². The molecule has 3 rings (SSSR count). The topological polar surface area (TPSA) is 59.4 Å². The fraction of sp³-hybridized carbons (Fsp3) is 0.250. The number of ether oxygens (including phenoxy) is 1. The number of rotatable bonds is 8. The van der Waals surface area contributed by atoms with Gasteiger partial charge in [-0.1, -0.05) is 43.8 Å². The summed E-state index contributed by atoms with van der Waals surface area (Å²) < 4.78 is 5.95. The van der Waals surface area contributed by atoms with Crippen LogP contribution in [0.15, 0.2) is 70.7 Å². The van der Waals surface area contributed by atoms with Gasteiger partial charge in [0.1, 0.15) is 23.9 Å². The monoisotopic (exact) mass is 407 g/mol. The van der Waals surface area contributed by atoms with E-state index in [0.717, 1.165) is 15.4 Å². The van der Waals surface area contributed by atoms with Gasteiger partial charge in [-0.2, -0.15) is 0 Å². The van der Waals surface area contributed by atoms with Gasteiger partial charge in [0.2, 0.25) is 0 Å². The predicted octanol–water partition coefficient (Wildman–Crippen LogP) is 5.59. The van der Waals surface area contributed by atoms with Gasteiger partial charge >= 0.3 is 0 Å². The number of carbonyl (C=O) groups is 1. The van der Waals surface area contributed by atoms with Gasteiger partial charge in [0.25, 0.3) is 0 Å². The Morgan fingerprint density at radius 3 is 2.59 bits per heavy atom. The van der Waals surface area contributed by atoms with Crippen molar-refractivity contribution in [3.05, 3.63) is 77.6 Å². The van der Waals surface area contributed by atoms with Crippen LogP contribution in [0.4, 0.5) is 0 Å². The van der Waals surface area contributed by atoms with Gasteiger partial charge in [-0.05, 0) is 42.8 Å². The number of carbonyl (C=O) groups excluding carboxylic acids is 1. The molecule has 0 bridgehead atoms. The lowest BCUT2D eigenvalue weighted by molar-refractivity contribution is -0.121. The van der Waals surface area contributed by atoms with E-state index < -0.39 is 0 Å². The highest BCUT2D eigenvalue weighted by Crippen LogP contribution is 2.32. The number of phenolic OH excluding ortho intramolecular Hbond substituents is 1. The van der Waals surface area contributed by atoms with Gasteiger partial charge < -0.3 is 9.84 Å². The van der Waals surface area contributed by atoms with Crippen molar-refractivity contribution in [2.75, 3.05) is 0 Å². The number of aromatic nitrogens is 1. The average Bonchev–Trinajstić information content (AvgIpc) is 2.72. The highest BCUT2D eigenvalue weighted by molar-refractivity contribution is 7.99. The Hall–Kier alpha value is -2.79. The Kier molecular flexibility index (Phi) is 6.94. The van der Waals surface area contributed by atoms with Crippen molar-refractivity contribution >= 4 is 17.5 Å². The summed E-state index contributed by atoms with van der Waals surface area (Å²) in [6.45, 7) is 5.94. The second-order valence-electron chi connectivity index (χ2n) is 7.22. The molecule has 1 aromatic heterocycles. The third kappa shape index (κ3) is 5.61. The van der Waals surface area contributed by atoms with Crippen molar-refractivity contribution in [3.8, 4) is 11.5 Å². The summed E-state index contributed by atoms with van der Waals surface area (Å²) in [4.78, 5) is 18.3. The number of phenols is 1. The van der Waals surface area contributed by atoms with Crippen LogP contribution in [0, 0.1) is 12.8 Å². The Balaban J connectivity index is 1.67. The van der Waals surface area contributed by atoms with Gasteiger partial charge in [0.05, 0.1) is 0 Å². The summed E-state index contributed by atoms with van der Waals surface area (Å²) in [5.74, 6) is 0.814. The summed E-state index contributed by atoms with van der Waals surface area (Å²) in [5, 5.41) is 10.5. The molecular formula is C24H25NO3S. The highest BCUT2D eigenvalue weighted by atomic mass is 32.2. The van der Waals surface area contributed by atoms with E-state index in [4.69, 9.17) is 4.74 Å². The first-order valence-corrected chi connectivity index (χ1v) is 10.4. The first kappa shape index (κ1) is 20.9. The molecule has 0 radical (unpaired) electrons. The van der Waals surface area contributed by atoms with Crippen LogP contribution in [0.2, 0.25) is 0 Å². The number of hydrogen-bond acceptors (Lipinski definition) is 5. The van der Waals surface area contributed by atoms with E-state index in [9.17, 15) is 9.90 Å². The van der Waals surface area contributed by atoms with Crippen molar-refractivity contribution in [2.45, 2.75) is 43.6 Å². The van der Waals surface area contributed by atoms with Crippen LogP contribution in [0.25, 0.3) is 0 Å². The Bertz CT molecular complexity index is 987. The number of ketones is 1. The smallest absolute Gasteiger partial charge is 0.139 e. The van der Waals surface area contributed by atoms with Crippen molar-refractivity contribution in [1.29, 1.82) is 0 Å². The number of aromatic hydroxyl groups is 1. The summed E-state index contributed by atoms with van der Waals surface area (Å²) in [5.41, 5.74) is 2.34. The van der Waals surface area contributed by atoms with Crippen LogP contribution in [-0.4, -0.2) is 15.9 Å². The van der Waals surface area contributed by atoms with Crippen molar-refractivity contribution in [3.63, 3.8) is 0 Å². The minimum Gasteiger partial charge on any atom is -0.507 e. The maximum absolute atomic E-state index is 12.0. The molecule has 0 saturated carbocycles. The number of hydrogen-bond donors (Lipinski definition) is 1. The molecule has 0 spiro atoms. The largest absolute Gasteiger partial charge is 0.507 e. The first-order valence-electron chi connectivity index (χ1n) is 9.58. The minimum absolute atomic E-state index is 0.0528. The molecule has 0 aliphatic carbocycles. The number of pyridine rings is 1. The molecule has 0 saturated heterocycles. The van der Waals surface area contributed by atoms with Crippen LogP contribution in [0.1, 0.15) is 30.5 Å². The molecule has 0 atom stereocenters. The lowest BCUT2D eigenvalue weighted by Crippen LogP contribution is -2.10. The van der Waals surface area contributed by atoms with Crippen molar-refractivity contribution in [2.24, 2.45) is 5.92 Å². The van der Waals surface area contributed by atoms with Crippen LogP contribution in [-0.2, 0) is 17.8 Å². The summed E-state index contributed by atoms with van der Waals surface area (Å²) >= 11 is 1.67. The van der Waals surface area contributed by atoms with Gasteiger partial charge in [0, 0.05) is 45.7 Å². The molecule has 29 heavy (non-hydrogen) atoms. The molecule has 4 nitrogen and oxygen atoms in total. The first-order chi connectivity index (χ1) is 13.9. The molecule has 0 unspecified atom stereocenters. The van der Waals surface area contributed by atoms with E-state index in [2.05, 4.69) is 17.1 Å². The van der Waals surface area contributed by atoms with Crippen LogP contribution >= 0.6 is 11.8 Å². The minimum atomic E-state index is -0.0528. The van der Waals surface area contributed by atoms with Crippen molar-refractivity contribution in [1.82, 2.24) is 4.98 Å². The fourth-order valence-electron chi connectivity index (χ4n) is 2.83. The molecule has 5 heteroatoms. The molecule has 1 N–H and O–H groups in total. The average molecular weight is 408 g/mol. The van der Waals surface area contributed by atoms with E-state index in [-0.39, 0.29) is 23.9 Å². The van der Waals surface area contributed by atoms with Gasteiger partial charge in [-0.3, -0.25) is 9.78 Å². The van der Waals surface area contributed by atoms with E-state index in [0.29, 0.717) is 23.5 Å². The normalized spacial score (nSPS) is 10.9. The lowest BCUT2D eigenvalue weighted by atomic mass is 9.98. The zero-order chi connectivity index (χ0) is 20.8. The standard InChI is InChI=1S/C24H25NO3S/c1-16(2)22(26)14-19-7-8-23(17(3)24(19)27)28-15-18-5-4-6-21(13-18)29-20-9-11-25-12-10-20/h4-13,16,27H,14-15H2,1-3H3. The predicted molar refractivity (Wildman–Crippen MR) is 116 cm³/mol. The summed E-state index contributed by atoms with van der Waals surface area (Å²) in [6.07, 6.45) is 3.80. The van der Waals surface area contributed by atoms with Crippen LogP contribution in [0.5, 0.6) is 11.5 Å².